The van der Waals surface area contributed by atoms with Crippen molar-refractivity contribution in [3.8, 4) is 11.1 Å². The first-order chi connectivity index (χ1) is 25.3. The van der Waals surface area contributed by atoms with Gasteiger partial charge in [0.15, 0.2) is 6.29 Å². The molecule has 0 radical (unpaired) electrons. The van der Waals surface area contributed by atoms with Gasteiger partial charge in [-0.2, -0.15) is 0 Å². The lowest BCUT2D eigenvalue weighted by Gasteiger charge is -2.36. The summed E-state index contributed by atoms with van der Waals surface area (Å²) < 4.78 is 13.1. The Balaban J connectivity index is 1.22. The summed E-state index contributed by atoms with van der Waals surface area (Å²) in [6.07, 6.45) is 3.57. The molecule has 0 aliphatic carbocycles. The molecule has 1 aliphatic rings. The number of ether oxygens (including phenoxy) is 2. The number of aliphatic hydroxyl groups is 1. The van der Waals surface area contributed by atoms with Crippen LogP contribution in [-0.4, -0.2) is 39.9 Å². The summed E-state index contributed by atoms with van der Waals surface area (Å²) in [7, 11) is 0. The van der Waals surface area contributed by atoms with Gasteiger partial charge in [-0.3, -0.25) is 19.6 Å². The molecule has 0 bridgehead atoms. The highest BCUT2D eigenvalue weighted by Gasteiger charge is 2.32. The number of nitrogens with one attached hydrogen (secondary N) is 3. The molecule has 0 spiro atoms. The number of thioether (sulfide) groups is 1. The molecule has 11 heteroatoms. The highest BCUT2D eigenvalue weighted by molar-refractivity contribution is 7.99. The van der Waals surface area contributed by atoms with Crippen LogP contribution >= 0.6 is 11.8 Å². The van der Waals surface area contributed by atoms with E-state index >= 15 is 0 Å². The predicted octanol–water partition coefficient (Wildman–Crippen LogP) is 7.60. The number of hydroxylamine groups is 1. The van der Waals surface area contributed by atoms with Gasteiger partial charge in [0.2, 0.25) is 17.7 Å². The summed E-state index contributed by atoms with van der Waals surface area (Å²) >= 11 is 1.69. The van der Waals surface area contributed by atoms with Crippen LogP contribution in [0, 0.1) is 0 Å². The van der Waals surface area contributed by atoms with Crippen LogP contribution in [0.2, 0.25) is 0 Å². The lowest BCUT2D eigenvalue weighted by atomic mass is 9.97. The van der Waals surface area contributed by atoms with Crippen LogP contribution in [0.5, 0.6) is 0 Å². The number of carbonyl (C=O) groups excluding carboxylic acids is 3. The third-order valence-electron chi connectivity index (χ3n) is 8.90. The van der Waals surface area contributed by atoms with E-state index in [9.17, 15) is 19.5 Å². The molecule has 5 N–H and O–H groups in total. The Hall–Kier alpha value is -4.52. The molecular formula is C41H47N3O7S. The summed E-state index contributed by atoms with van der Waals surface area (Å²) in [5.74, 6) is 0.206. The van der Waals surface area contributed by atoms with Crippen molar-refractivity contribution in [1.82, 2.24) is 10.8 Å². The van der Waals surface area contributed by atoms with Gasteiger partial charge in [-0.15, -0.1) is 11.8 Å². The molecule has 0 saturated carbocycles. The van der Waals surface area contributed by atoms with E-state index in [4.69, 9.17) is 14.7 Å². The van der Waals surface area contributed by atoms with E-state index in [1.807, 2.05) is 78.9 Å². The number of hydrogen-bond donors (Lipinski definition) is 5. The van der Waals surface area contributed by atoms with Gasteiger partial charge in [0, 0.05) is 54.6 Å². The molecular weight excluding hydrogens is 679 g/mol. The van der Waals surface area contributed by atoms with Gasteiger partial charge in [-0.1, -0.05) is 85.6 Å². The van der Waals surface area contributed by atoms with E-state index in [1.165, 1.54) is 6.92 Å². The third kappa shape index (κ3) is 11.8. The van der Waals surface area contributed by atoms with Crippen LogP contribution in [0.4, 0.5) is 5.69 Å². The molecule has 5 rings (SSSR count). The summed E-state index contributed by atoms with van der Waals surface area (Å²) in [4.78, 5) is 36.2. The Morgan fingerprint density at radius 1 is 0.788 bits per heavy atom. The monoisotopic (exact) mass is 725 g/mol. The molecule has 0 aromatic heterocycles. The van der Waals surface area contributed by atoms with Crippen molar-refractivity contribution in [3.63, 3.8) is 0 Å². The zero-order valence-electron chi connectivity index (χ0n) is 29.4. The minimum absolute atomic E-state index is 0.0138. The Morgan fingerprint density at radius 2 is 1.46 bits per heavy atom. The fourth-order valence-corrected chi connectivity index (χ4v) is 7.01. The molecule has 4 aromatic carbocycles. The van der Waals surface area contributed by atoms with Crippen molar-refractivity contribution < 1.29 is 34.2 Å². The van der Waals surface area contributed by atoms with Crippen molar-refractivity contribution in [2.45, 2.75) is 88.4 Å². The van der Waals surface area contributed by atoms with Crippen molar-refractivity contribution in [2.24, 2.45) is 0 Å². The fourth-order valence-electron chi connectivity index (χ4n) is 6.09. The van der Waals surface area contributed by atoms with Gasteiger partial charge in [-0.05, 0) is 64.9 Å². The molecule has 1 saturated heterocycles. The molecule has 4 aromatic rings. The normalized spacial score (nSPS) is 16.9. The second kappa shape index (κ2) is 19.9. The Bertz CT molecular complexity index is 1750. The van der Waals surface area contributed by atoms with E-state index < -0.39 is 6.29 Å². The number of anilines is 1. The van der Waals surface area contributed by atoms with Gasteiger partial charge in [0.1, 0.15) is 0 Å². The summed E-state index contributed by atoms with van der Waals surface area (Å²) in [5, 5.41) is 24.0. The van der Waals surface area contributed by atoms with Crippen LogP contribution in [0.15, 0.2) is 102 Å². The minimum Gasteiger partial charge on any atom is -0.392 e. The predicted molar refractivity (Wildman–Crippen MR) is 201 cm³/mol. The van der Waals surface area contributed by atoms with Crippen LogP contribution in [0.25, 0.3) is 11.1 Å². The number of aliphatic hydroxyl groups excluding tert-OH is 1. The maximum atomic E-state index is 12.6. The summed E-state index contributed by atoms with van der Waals surface area (Å²) in [6, 6.07) is 31.8. The molecule has 10 nitrogen and oxygen atoms in total. The van der Waals surface area contributed by atoms with Gasteiger partial charge in [-0.25, -0.2) is 5.48 Å². The molecule has 3 atom stereocenters. The molecule has 1 aliphatic heterocycles. The number of amides is 3. The van der Waals surface area contributed by atoms with Crippen molar-refractivity contribution in [1.29, 1.82) is 0 Å². The number of benzene rings is 4. The van der Waals surface area contributed by atoms with Gasteiger partial charge >= 0.3 is 0 Å². The van der Waals surface area contributed by atoms with Crippen LogP contribution in [-0.2, 0) is 37.0 Å². The quantitative estimate of drug-likeness (QED) is 0.0324. The SMILES string of the molecule is CC(=O)Nc1ccc(SCC2CC(c3ccc(CO)cc3)OC(c3ccc(-c4ccccc4CNC(=O)CCCCCCC(=O)NO)cc3)O2)cc1. The van der Waals surface area contributed by atoms with E-state index in [1.54, 1.807) is 17.2 Å². The molecule has 1 fully saturated rings. The topological polar surface area (TPSA) is 146 Å². The first-order valence-electron chi connectivity index (χ1n) is 17.7. The molecule has 52 heavy (non-hydrogen) atoms. The molecule has 1 heterocycles. The number of hydrogen-bond acceptors (Lipinski definition) is 8. The van der Waals surface area contributed by atoms with Crippen LogP contribution in [0.1, 0.15) is 86.5 Å². The second-order valence-electron chi connectivity index (χ2n) is 12.9. The number of rotatable bonds is 17. The standard InChI is InChI=1S/C41H47N3O7S/c1-28(46)43-34-20-22-36(23-21-34)52-27-35-24-38(31-14-12-29(26-45)13-15-31)51-41(50-35)32-18-16-30(17-19-32)37-9-7-6-8-33(37)25-42-39(47)10-4-2-3-5-11-40(48)44-49/h6-9,12-23,35,38,41,45,49H,2-5,10-11,24-27H2,1H3,(H,42,47)(H,43,46)(H,44,48). The van der Waals surface area contributed by atoms with Gasteiger partial charge in [0.25, 0.3) is 0 Å². The summed E-state index contributed by atoms with van der Waals surface area (Å²) in [5.41, 5.74) is 8.23. The lowest BCUT2D eigenvalue weighted by molar-refractivity contribution is -0.245. The molecule has 3 unspecified atom stereocenters. The van der Waals surface area contributed by atoms with Gasteiger partial charge < -0.3 is 25.2 Å². The Morgan fingerprint density at radius 3 is 2.13 bits per heavy atom. The number of carbonyl (C=O) groups is 3. The average Bonchev–Trinajstić information content (AvgIpc) is 3.18. The van der Waals surface area contributed by atoms with Crippen LogP contribution < -0.4 is 16.1 Å². The number of unbranched alkanes of at least 4 members (excludes halogenated alkanes) is 3. The van der Waals surface area contributed by atoms with E-state index in [-0.39, 0.29) is 43.0 Å². The minimum atomic E-state index is -0.584. The van der Waals surface area contributed by atoms with E-state index in [0.29, 0.717) is 31.6 Å². The smallest absolute Gasteiger partial charge is 0.243 e. The van der Waals surface area contributed by atoms with Crippen molar-refractivity contribution in [3.05, 3.63) is 119 Å². The van der Waals surface area contributed by atoms with Crippen molar-refractivity contribution >= 4 is 35.2 Å². The second-order valence-corrected chi connectivity index (χ2v) is 14.0. The van der Waals surface area contributed by atoms with Gasteiger partial charge in [0.05, 0.1) is 18.8 Å². The molecule has 3 amide bonds. The zero-order valence-corrected chi connectivity index (χ0v) is 30.2. The maximum Gasteiger partial charge on any atom is 0.243 e. The first kappa shape index (κ1) is 38.7. The maximum absolute atomic E-state index is 12.6. The summed E-state index contributed by atoms with van der Waals surface area (Å²) in [6.45, 7) is 1.88. The van der Waals surface area contributed by atoms with Crippen molar-refractivity contribution in [2.75, 3.05) is 11.1 Å². The Labute approximate surface area is 309 Å². The largest absolute Gasteiger partial charge is 0.392 e. The highest BCUT2D eigenvalue weighted by atomic mass is 32.2. The average molecular weight is 726 g/mol. The lowest BCUT2D eigenvalue weighted by Crippen LogP contribution is -2.31. The van der Waals surface area contributed by atoms with E-state index in [2.05, 4.69) is 28.8 Å². The van der Waals surface area contributed by atoms with Crippen LogP contribution in [0.3, 0.4) is 0 Å². The highest BCUT2D eigenvalue weighted by Crippen LogP contribution is 2.40. The van der Waals surface area contributed by atoms with E-state index in [0.717, 1.165) is 63.2 Å². The first-order valence-corrected chi connectivity index (χ1v) is 18.7. The Kier molecular flexibility index (Phi) is 14.8. The zero-order chi connectivity index (χ0) is 36.7. The molecule has 274 valence electrons. The third-order valence-corrected chi connectivity index (χ3v) is 10.0. The fraction of sp³-hybridized carbons (Fsp3) is 0.341.